The highest BCUT2D eigenvalue weighted by atomic mass is 35.5. The summed E-state index contributed by atoms with van der Waals surface area (Å²) in [5.74, 6) is 0. The summed E-state index contributed by atoms with van der Waals surface area (Å²) in [6.07, 6.45) is 0.536. The zero-order valence-electron chi connectivity index (χ0n) is 9.14. The maximum atomic E-state index is 10.6. The molecule has 0 bridgehead atoms. The molecule has 1 aromatic heterocycles. The molecule has 1 heterocycles. The Bertz CT molecular complexity index is 384. The molecular formula is C10H13ClN2O3. The zero-order chi connectivity index (χ0) is 12.1. The van der Waals surface area contributed by atoms with Gasteiger partial charge in [-0.1, -0.05) is 0 Å². The van der Waals surface area contributed by atoms with Gasteiger partial charge in [-0.05, 0) is 13.0 Å². The standard InChI is InChI=1S/C10H13ClN2O3/c1-7-10(13(14)15)4-3-9(12-7)5-8(11)6-16-2/h3-4,8H,5-6H2,1-2H3. The van der Waals surface area contributed by atoms with Crippen molar-refractivity contribution in [3.05, 3.63) is 33.6 Å². The van der Waals surface area contributed by atoms with E-state index in [0.29, 0.717) is 18.7 Å². The van der Waals surface area contributed by atoms with Crippen molar-refractivity contribution in [3.63, 3.8) is 0 Å². The fraction of sp³-hybridized carbons (Fsp3) is 0.500. The number of methoxy groups -OCH3 is 1. The van der Waals surface area contributed by atoms with E-state index in [9.17, 15) is 10.1 Å². The van der Waals surface area contributed by atoms with Crippen molar-refractivity contribution in [2.24, 2.45) is 0 Å². The van der Waals surface area contributed by atoms with Crippen LogP contribution in [0.5, 0.6) is 0 Å². The highest BCUT2D eigenvalue weighted by molar-refractivity contribution is 6.20. The molecule has 0 aliphatic heterocycles. The van der Waals surface area contributed by atoms with Crippen molar-refractivity contribution in [2.45, 2.75) is 18.7 Å². The predicted octanol–water partition coefficient (Wildman–Crippen LogP) is 2.09. The number of rotatable bonds is 5. The van der Waals surface area contributed by atoms with Crippen LogP contribution in [0.2, 0.25) is 0 Å². The number of nitrogens with zero attached hydrogens (tertiary/aromatic N) is 2. The average molecular weight is 245 g/mol. The molecular weight excluding hydrogens is 232 g/mol. The molecule has 6 heteroatoms. The molecule has 0 amide bonds. The lowest BCUT2D eigenvalue weighted by Gasteiger charge is -2.07. The first-order chi connectivity index (χ1) is 7.54. The molecule has 1 atom stereocenters. The second-order valence-corrected chi connectivity index (χ2v) is 4.04. The lowest BCUT2D eigenvalue weighted by molar-refractivity contribution is -0.385. The van der Waals surface area contributed by atoms with Crippen molar-refractivity contribution in [3.8, 4) is 0 Å². The van der Waals surface area contributed by atoms with Gasteiger partial charge in [-0.2, -0.15) is 0 Å². The monoisotopic (exact) mass is 244 g/mol. The van der Waals surface area contributed by atoms with E-state index in [1.54, 1.807) is 20.1 Å². The second-order valence-electron chi connectivity index (χ2n) is 3.42. The Kier molecular flexibility index (Phi) is 4.64. The molecule has 0 saturated heterocycles. The Labute approximate surface area is 98.5 Å². The van der Waals surface area contributed by atoms with Gasteiger partial charge in [-0.15, -0.1) is 11.6 Å². The van der Waals surface area contributed by atoms with Crippen LogP contribution < -0.4 is 0 Å². The summed E-state index contributed by atoms with van der Waals surface area (Å²) in [7, 11) is 1.57. The number of aryl methyl sites for hydroxylation is 1. The number of ether oxygens (including phenoxy) is 1. The lowest BCUT2D eigenvalue weighted by atomic mass is 10.2. The van der Waals surface area contributed by atoms with E-state index >= 15 is 0 Å². The normalized spacial score (nSPS) is 12.4. The minimum absolute atomic E-state index is 0.0293. The summed E-state index contributed by atoms with van der Waals surface area (Å²) in [5.41, 5.74) is 1.17. The number of pyridine rings is 1. The van der Waals surface area contributed by atoms with Crippen LogP contribution in [0.3, 0.4) is 0 Å². The summed E-state index contributed by atoms with van der Waals surface area (Å²) in [6.45, 7) is 2.04. The van der Waals surface area contributed by atoms with Crippen LogP contribution in [0.4, 0.5) is 5.69 Å². The molecule has 0 aliphatic rings. The first kappa shape index (κ1) is 12.9. The summed E-state index contributed by atoms with van der Waals surface area (Å²) >= 11 is 5.97. The number of nitro groups is 1. The van der Waals surface area contributed by atoms with Crippen LogP contribution in [0, 0.1) is 17.0 Å². The Hall–Kier alpha value is -1.20. The van der Waals surface area contributed by atoms with Gasteiger partial charge in [0.15, 0.2) is 0 Å². The van der Waals surface area contributed by atoms with Gasteiger partial charge in [0.1, 0.15) is 5.69 Å². The van der Waals surface area contributed by atoms with E-state index in [-0.39, 0.29) is 11.1 Å². The van der Waals surface area contributed by atoms with Crippen LogP contribution in [-0.4, -0.2) is 29.0 Å². The topological polar surface area (TPSA) is 65.3 Å². The van der Waals surface area contributed by atoms with Gasteiger partial charge in [-0.25, -0.2) is 0 Å². The van der Waals surface area contributed by atoms with E-state index in [1.165, 1.54) is 6.07 Å². The Morgan fingerprint density at radius 3 is 2.81 bits per heavy atom. The maximum absolute atomic E-state index is 10.6. The average Bonchev–Trinajstić information content (AvgIpc) is 2.17. The molecule has 0 saturated carbocycles. The van der Waals surface area contributed by atoms with Crippen LogP contribution in [-0.2, 0) is 11.2 Å². The first-order valence-corrected chi connectivity index (χ1v) is 5.22. The van der Waals surface area contributed by atoms with Crippen molar-refractivity contribution >= 4 is 17.3 Å². The number of aromatic nitrogens is 1. The summed E-state index contributed by atoms with van der Waals surface area (Å²) in [6, 6.07) is 3.07. The zero-order valence-corrected chi connectivity index (χ0v) is 9.90. The fourth-order valence-electron chi connectivity index (χ4n) is 1.38. The van der Waals surface area contributed by atoms with Gasteiger partial charge in [0, 0.05) is 25.3 Å². The van der Waals surface area contributed by atoms with Crippen molar-refractivity contribution in [1.29, 1.82) is 0 Å². The Balaban J connectivity index is 2.77. The summed E-state index contributed by atoms with van der Waals surface area (Å²) in [4.78, 5) is 14.3. The molecule has 0 fully saturated rings. The van der Waals surface area contributed by atoms with Crippen LogP contribution in [0.15, 0.2) is 12.1 Å². The third-order valence-electron chi connectivity index (χ3n) is 2.09. The summed E-state index contributed by atoms with van der Waals surface area (Å²) in [5, 5.41) is 10.4. The third kappa shape index (κ3) is 3.43. The van der Waals surface area contributed by atoms with Gasteiger partial charge in [-0.3, -0.25) is 15.1 Å². The first-order valence-electron chi connectivity index (χ1n) is 4.78. The van der Waals surface area contributed by atoms with Crippen molar-refractivity contribution in [2.75, 3.05) is 13.7 Å². The lowest BCUT2D eigenvalue weighted by Crippen LogP contribution is -2.12. The van der Waals surface area contributed by atoms with Crippen molar-refractivity contribution < 1.29 is 9.66 Å². The Morgan fingerprint density at radius 2 is 2.31 bits per heavy atom. The molecule has 0 aromatic carbocycles. The molecule has 1 aromatic rings. The van der Waals surface area contributed by atoms with Gasteiger partial charge >= 0.3 is 0 Å². The van der Waals surface area contributed by atoms with E-state index in [0.717, 1.165) is 5.69 Å². The van der Waals surface area contributed by atoms with Gasteiger partial charge < -0.3 is 4.74 Å². The smallest absolute Gasteiger partial charge is 0.290 e. The predicted molar refractivity (Wildman–Crippen MR) is 60.8 cm³/mol. The van der Waals surface area contributed by atoms with Gasteiger partial charge in [0.05, 0.1) is 16.9 Å². The number of alkyl halides is 1. The maximum Gasteiger partial charge on any atom is 0.290 e. The number of hydrogen-bond acceptors (Lipinski definition) is 4. The number of halogens is 1. The fourth-order valence-corrected chi connectivity index (χ4v) is 1.66. The molecule has 1 unspecified atom stereocenters. The molecule has 0 aliphatic carbocycles. The van der Waals surface area contributed by atoms with E-state index in [1.807, 2.05) is 0 Å². The molecule has 1 rings (SSSR count). The van der Waals surface area contributed by atoms with Crippen LogP contribution in [0.25, 0.3) is 0 Å². The molecule has 16 heavy (non-hydrogen) atoms. The van der Waals surface area contributed by atoms with E-state index < -0.39 is 4.92 Å². The minimum atomic E-state index is -0.445. The molecule has 5 nitrogen and oxygen atoms in total. The summed E-state index contributed by atoms with van der Waals surface area (Å²) < 4.78 is 4.90. The molecule has 88 valence electrons. The largest absolute Gasteiger partial charge is 0.383 e. The van der Waals surface area contributed by atoms with Crippen LogP contribution >= 0.6 is 11.6 Å². The minimum Gasteiger partial charge on any atom is -0.383 e. The third-order valence-corrected chi connectivity index (χ3v) is 2.37. The van der Waals surface area contributed by atoms with Crippen LogP contribution in [0.1, 0.15) is 11.4 Å². The van der Waals surface area contributed by atoms with Gasteiger partial charge in [0.25, 0.3) is 5.69 Å². The van der Waals surface area contributed by atoms with E-state index in [2.05, 4.69) is 4.98 Å². The SMILES string of the molecule is COCC(Cl)Cc1ccc([N+](=O)[O-])c(C)n1. The number of hydrogen-bond donors (Lipinski definition) is 0. The highest BCUT2D eigenvalue weighted by Crippen LogP contribution is 2.17. The van der Waals surface area contributed by atoms with Gasteiger partial charge in [0.2, 0.25) is 0 Å². The quantitative estimate of drug-likeness (QED) is 0.452. The van der Waals surface area contributed by atoms with Crippen molar-refractivity contribution in [1.82, 2.24) is 4.98 Å². The van der Waals surface area contributed by atoms with E-state index in [4.69, 9.17) is 16.3 Å². The second kappa shape index (κ2) is 5.77. The molecule has 0 radical (unpaired) electrons. The Morgan fingerprint density at radius 1 is 1.62 bits per heavy atom. The molecule has 0 spiro atoms. The highest BCUT2D eigenvalue weighted by Gasteiger charge is 2.13. The molecule has 0 N–H and O–H groups in total.